The zero-order valence-electron chi connectivity index (χ0n) is 16.0. The predicted octanol–water partition coefficient (Wildman–Crippen LogP) is 3.43. The van der Waals surface area contributed by atoms with E-state index in [1.54, 1.807) is 26.3 Å². The Morgan fingerprint density at radius 2 is 2.19 bits per heavy atom. The Morgan fingerprint density at radius 1 is 1.41 bits per heavy atom. The van der Waals surface area contributed by atoms with Crippen molar-refractivity contribution < 1.29 is 14.3 Å². The van der Waals surface area contributed by atoms with Crippen molar-refractivity contribution in [2.75, 3.05) is 17.7 Å². The minimum atomic E-state index is -0.195. The van der Waals surface area contributed by atoms with E-state index in [2.05, 4.69) is 20.6 Å². The van der Waals surface area contributed by atoms with Crippen molar-refractivity contribution in [3.8, 4) is 5.75 Å². The quantitative estimate of drug-likeness (QED) is 0.843. The van der Waals surface area contributed by atoms with Crippen LogP contribution >= 0.6 is 0 Å². The lowest BCUT2D eigenvalue weighted by Crippen LogP contribution is -2.25. The molecule has 0 radical (unpaired) electrons. The fourth-order valence-corrected chi connectivity index (χ4v) is 3.12. The maximum atomic E-state index is 12.3. The summed E-state index contributed by atoms with van der Waals surface area (Å²) in [5, 5.41) is 5.70. The van der Waals surface area contributed by atoms with E-state index in [-0.39, 0.29) is 23.7 Å². The van der Waals surface area contributed by atoms with Gasteiger partial charge in [0.15, 0.2) is 0 Å². The van der Waals surface area contributed by atoms with Crippen LogP contribution in [0.3, 0.4) is 0 Å². The third kappa shape index (κ3) is 3.92. The molecule has 0 aliphatic carbocycles. The van der Waals surface area contributed by atoms with Gasteiger partial charge in [-0.3, -0.25) is 9.59 Å². The number of aromatic nitrogens is 2. The van der Waals surface area contributed by atoms with Crippen LogP contribution in [0.5, 0.6) is 5.75 Å². The summed E-state index contributed by atoms with van der Waals surface area (Å²) in [6.07, 6.45) is 2.39. The van der Waals surface area contributed by atoms with E-state index in [0.29, 0.717) is 30.0 Å². The number of rotatable bonds is 5. The van der Waals surface area contributed by atoms with Crippen LogP contribution in [0.1, 0.15) is 62.5 Å². The average Bonchev–Trinajstić information content (AvgIpc) is 2.66. The summed E-state index contributed by atoms with van der Waals surface area (Å²) in [4.78, 5) is 33.1. The number of benzene rings is 1. The third-order valence-corrected chi connectivity index (χ3v) is 4.58. The number of hydrogen-bond donors (Lipinski definition) is 2. The van der Waals surface area contributed by atoms with Crippen molar-refractivity contribution in [1.82, 2.24) is 9.97 Å². The lowest BCUT2D eigenvalue weighted by atomic mass is 9.87. The molecule has 2 heterocycles. The fraction of sp³-hybridized carbons (Fsp3) is 0.400. The zero-order chi connectivity index (χ0) is 19.6. The Bertz CT molecular complexity index is 880. The monoisotopic (exact) mass is 368 g/mol. The lowest BCUT2D eigenvalue weighted by Gasteiger charge is -2.27. The molecular formula is C20H24N4O3. The van der Waals surface area contributed by atoms with Crippen molar-refractivity contribution >= 4 is 23.2 Å². The summed E-state index contributed by atoms with van der Waals surface area (Å²) >= 11 is 0. The number of ether oxygens (including phenoxy) is 1. The molecule has 1 aliphatic heterocycles. The van der Waals surface area contributed by atoms with Crippen molar-refractivity contribution in [1.29, 1.82) is 0 Å². The van der Waals surface area contributed by atoms with Gasteiger partial charge >= 0.3 is 0 Å². The standard InChI is InChI=1S/C20H24N4O3/c1-5-18(25)23-16-10-15-12(8-17(16)27-4)13(9-19(26)22-15)14-6-7-21-20(24-14)11(2)3/h6-8,10-11,13H,5,9H2,1-4H3,(H,22,26)(H,23,25). The summed E-state index contributed by atoms with van der Waals surface area (Å²) in [5.41, 5.74) is 2.91. The molecule has 0 saturated heterocycles. The average molecular weight is 368 g/mol. The molecule has 0 saturated carbocycles. The molecule has 1 aromatic carbocycles. The summed E-state index contributed by atoms with van der Waals surface area (Å²) in [5.74, 6) is 1.09. The maximum Gasteiger partial charge on any atom is 0.225 e. The molecule has 1 unspecified atom stereocenters. The number of amides is 2. The molecule has 7 heteroatoms. The van der Waals surface area contributed by atoms with Crippen LogP contribution in [0.25, 0.3) is 0 Å². The van der Waals surface area contributed by atoms with Crippen molar-refractivity contribution in [2.24, 2.45) is 0 Å². The molecule has 2 N–H and O–H groups in total. The van der Waals surface area contributed by atoms with Crippen LogP contribution in [-0.2, 0) is 9.59 Å². The van der Waals surface area contributed by atoms with Gasteiger partial charge in [-0.05, 0) is 23.8 Å². The molecule has 1 aromatic heterocycles. The first-order valence-electron chi connectivity index (χ1n) is 9.07. The van der Waals surface area contributed by atoms with E-state index in [4.69, 9.17) is 4.74 Å². The largest absolute Gasteiger partial charge is 0.495 e. The molecule has 142 valence electrons. The molecule has 1 atom stereocenters. The summed E-state index contributed by atoms with van der Waals surface area (Å²) < 4.78 is 5.47. The molecule has 27 heavy (non-hydrogen) atoms. The van der Waals surface area contributed by atoms with Gasteiger partial charge in [-0.25, -0.2) is 9.97 Å². The molecule has 0 bridgehead atoms. The highest BCUT2D eigenvalue weighted by atomic mass is 16.5. The molecule has 1 aliphatic rings. The van der Waals surface area contributed by atoms with E-state index in [1.807, 2.05) is 26.0 Å². The second kappa shape index (κ2) is 7.73. The fourth-order valence-electron chi connectivity index (χ4n) is 3.12. The topological polar surface area (TPSA) is 93.2 Å². The van der Waals surface area contributed by atoms with Crippen molar-refractivity contribution in [2.45, 2.75) is 45.4 Å². The number of nitrogens with zero attached hydrogens (tertiary/aromatic N) is 2. The number of carbonyl (C=O) groups excluding carboxylic acids is 2. The Morgan fingerprint density at radius 3 is 2.85 bits per heavy atom. The van der Waals surface area contributed by atoms with Gasteiger partial charge in [-0.2, -0.15) is 0 Å². The number of carbonyl (C=O) groups is 2. The third-order valence-electron chi connectivity index (χ3n) is 4.58. The molecule has 7 nitrogen and oxygen atoms in total. The lowest BCUT2D eigenvalue weighted by molar-refractivity contribution is -0.117. The van der Waals surface area contributed by atoms with E-state index in [0.717, 1.165) is 17.1 Å². The van der Waals surface area contributed by atoms with Gasteiger partial charge in [0.2, 0.25) is 11.8 Å². The van der Waals surface area contributed by atoms with Gasteiger partial charge in [0.05, 0.1) is 18.5 Å². The number of hydrogen-bond acceptors (Lipinski definition) is 5. The Kier molecular flexibility index (Phi) is 5.39. The molecule has 3 rings (SSSR count). The first kappa shape index (κ1) is 18.8. The highest BCUT2D eigenvalue weighted by Crippen LogP contribution is 2.41. The van der Waals surface area contributed by atoms with Gasteiger partial charge in [-0.15, -0.1) is 0 Å². The number of nitrogens with one attached hydrogen (secondary N) is 2. The molecule has 2 aromatic rings. The SMILES string of the molecule is CCC(=O)Nc1cc2c(cc1OC)C(c1ccnc(C(C)C)n1)CC(=O)N2. The van der Waals surface area contributed by atoms with Crippen LogP contribution in [0, 0.1) is 0 Å². The Hall–Kier alpha value is -2.96. The number of fused-ring (bicyclic) bond motifs is 1. The highest BCUT2D eigenvalue weighted by Gasteiger charge is 2.29. The van der Waals surface area contributed by atoms with Crippen molar-refractivity contribution in [3.63, 3.8) is 0 Å². The van der Waals surface area contributed by atoms with E-state index in [9.17, 15) is 9.59 Å². The van der Waals surface area contributed by atoms with E-state index >= 15 is 0 Å². The van der Waals surface area contributed by atoms with Crippen LogP contribution in [-0.4, -0.2) is 28.9 Å². The first-order valence-corrected chi connectivity index (χ1v) is 9.07. The number of methoxy groups -OCH3 is 1. The number of anilines is 2. The summed E-state index contributed by atoms with van der Waals surface area (Å²) in [7, 11) is 1.56. The van der Waals surface area contributed by atoms with Gasteiger partial charge in [0.25, 0.3) is 0 Å². The predicted molar refractivity (Wildman–Crippen MR) is 103 cm³/mol. The van der Waals surface area contributed by atoms with Crippen LogP contribution in [0.4, 0.5) is 11.4 Å². The van der Waals surface area contributed by atoms with Crippen LogP contribution < -0.4 is 15.4 Å². The van der Waals surface area contributed by atoms with E-state index in [1.165, 1.54) is 0 Å². The highest BCUT2D eigenvalue weighted by molar-refractivity contribution is 5.98. The molecular weight excluding hydrogens is 344 g/mol. The van der Waals surface area contributed by atoms with Crippen LogP contribution in [0.2, 0.25) is 0 Å². The van der Waals surface area contributed by atoms with E-state index < -0.39 is 0 Å². The smallest absolute Gasteiger partial charge is 0.225 e. The normalized spacial score (nSPS) is 15.9. The van der Waals surface area contributed by atoms with Gasteiger partial charge in [0, 0.05) is 36.6 Å². The second-order valence-corrected chi connectivity index (χ2v) is 6.84. The molecule has 2 amide bonds. The Labute approximate surface area is 158 Å². The summed E-state index contributed by atoms with van der Waals surface area (Å²) in [6.45, 7) is 5.85. The Balaban J connectivity index is 2.07. The maximum absolute atomic E-state index is 12.3. The second-order valence-electron chi connectivity index (χ2n) is 6.84. The van der Waals surface area contributed by atoms with Gasteiger partial charge in [0.1, 0.15) is 11.6 Å². The molecule has 0 spiro atoms. The minimum Gasteiger partial charge on any atom is -0.495 e. The van der Waals surface area contributed by atoms with Crippen LogP contribution in [0.15, 0.2) is 24.4 Å². The van der Waals surface area contributed by atoms with Gasteiger partial charge in [-0.1, -0.05) is 20.8 Å². The van der Waals surface area contributed by atoms with Gasteiger partial charge < -0.3 is 15.4 Å². The first-order chi connectivity index (χ1) is 12.9. The molecule has 0 fully saturated rings. The van der Waals surface area contributed by atoms with Crippen molar-refractivity contribution in [3.05, 3.63) is 41.5 Å². The zero-order valence-corrected chi connectivity index (χ0v) is 16.0. The summed E-state index contributed by atoms with van der Waals surface area (Å²) in [6, 6.07) is 5.45. The minimum absolute atomic E-state index is 0.0878.